The Hall–Kier alpha value is -3.24. The molecule has 1 heterocycles. The van der Waals surface area contributed by atoms with Crippen molar-refractivity contribution in [2.75, 3.05) is 19.5 Å². The van der Waals surface area contributed by atoms with Crippen LogP contribution in [0.5, 0.6) is 17.2 Å². The Morgan fingerprint density at radius 3 is 2.61 bits per heavy atom. The molecule has 2 aromatic rings. The highest BCUT2D eigenvalue weighted by molar-refractivity contribution is 6.33. The molecule has 1 unspecified atom stereocenters. The Bertz CT molecular complexity index is 970. The predicted octanol–water partition coefficient (Wildman–Crippen LogP) is 4.25. The number of likely N-dealkylation sites (tertiary alicyclic amines) is 1. The Balaban J connectivity index is 1.80. The van der Waals surface area contributed by atoms with E-state index in [4.69, 9.17) is 27.6 Å². The predicted molar refractivity (Wildman–Crippen MR) is 105 cm³/mol. The molecule has 28 heavy (non-hydrogen) atoms. The number of amides is 2. The van der Waals surface area contributed by atoms with Crippen molar-refractivity contribution in [3.05, 3.63) is 52.8 Å². The van der Waals surface area contributed by atoms with Crippen LogP contribution in [0.2, 0.25) is 5.02 Å². The molecule has 3 rings (SSSR count). The standard InChI is InChI=1S/C20H18ClN3O4/c1-22-15-6-4-12(10-14(15)21)28-13-5-8-18(27-3)16(11-13)23-20(26)17-7-9-19(25)24(17)2/h4-6,8,10-11,17H,7,9H2,2-3H3,(H,23,26). The van der Waals surface area contributed by atoms with Crippen LogP contribution in [0.15, 0.2) is 36.4 Å². The number of nitrogens with one attached hydrogen (secondary N) is 1. The van der Waals surface area contributed by atoms with Gasteiger partial charge in [-0.3, -0.25) is 9.59 Å². The second-order valence-electron chi connectivity index (χ2n) is 6.24. The number of anilines is 1. The van der Waals surface area contributed by atoms with E-state index >= 15 is 0 Å². The van der Waals surface area contributed by atoms with Gasteiger partial charge in [0.15, 0.2) is 0 Å². The highest BCUT2D eigenvalue weighted by Crippen LogP contribution is 2.35. The molecule has 1 aliphatic rings. The van der Waals surface area contributed by atoms with Crippen LogP contribution in [0.25, 0.3) is 4.85 Å². The van der Waals surface area contributed by atoms with Crippen LogP contribution in [-0.4, -0.2) is 36.9 Å². The monoisotopic (exact) mass is 399 g/mol. The van der Waals surface area contributed by atoms with E-state index in [-0.39, 0.29) is 11.8 Å². The van der Waals surface area contributed by atoms with Crippen LogP contribution in [0.4, 0.5) is 11.4 Å². The minimum atomic E-state index is -0.512. The number of ether oxygens (including phenoxy) is 2. The van der Waals surface area contributed by atoms with E-state index in [0.717, 1.165) is 0 Å². The normalized spacial score (nSPS) is 15.9. The molecule has 0 aromatic heterocycles. The van der Waals surface area contributed by atoms with Crippen LogP contribution in [0.1, 0.15) is 12.8 Å². The highest BCUT2D eigenvalue weighted by Gasteiger charge is 2.33. The number of hydrogen-bond donors (Lipinski definition) is 1. The van der Waals surface area contributed by atoms with Crippen molar-refractivity contribution >= 4 is 34.8 Å². The first kappa shape index (κ1) is 19.5. The molecule has 1 N–H and O–H groups in total. The number of nitrogens with zero attached hydrogens (tertiary/aromatic N) is 2. The number of benzene rings is 2. The molecule has 0 bridgehead atoms. The lowest BCUT2D eigenvalue weighted by molar-refractivity contribution is -0.131. The number of likely N-dealkylation sites (N-methyl/N-ethyl adjacent to an activating group) is 1. The first-order valence-electron chi connectivity index (χ1n) is 8.52. The van der Waals surface area contributed by atoms with Crippen molar-refractivity contribution in [2.45, 2.75) is 18.9 Å². The summed E-state index contributed by atoms with van der Waals surface area (Å²) in [4.78, 5) is 29.0. The van der Waals surface area contributed by atoms with Crippen molar-refractivity contribution in [2.24, 2.45) is 0 Å². The van der Waals surface area contributed by atoms with Crippen LogP contribution >= 0.6 is 11.6 Å². The molecular formula is C20H18ClN3O4. The van der Waals surface area contributed by atoms with Gasteiger partial charge in [0.1, 0.15) is 23.3 Å². The van der Waals surface area contributed by atoms with Gasteiger partial charge in [0.05, 0.1) is 24.4 Å². The molecule has 1 atom stereocenters. The summed E-state index contributed by atoms with van der Waals surface area (Å²) >= 11 is 6.04. The maximum atomic E-state index is 12.6. The quantitative estimate of drug-likeness (QED) is 0.763. The first-order valence-corrected chi connectivity index (χ1v) is 8.90. The molecule has 1 aliphatic heterocycles. The van der Waals surface area contributed by atoms with Crippen LogP contribution in [0, 0.1) is 6.57 Å². The number of carbonyl (C=O) groups excluding carboxylic acids is 2. The fraction of sp³-hybridized carbons (Fsp3) is 0.250. The maximum Gasteiger partial charge on any atom is 0.247 e. The van der Waals surface area contributed by atoms with Gasteiger partial charge < -0.3 is 19.7 Å². The summed E-state index contributed by atoms with van der Waals surface area (Å²) in [5.74, 6) is 1.05. The fourth-order valence-corrected chi connectivity index (χ4v) is 3.17. The zero-order chi connectivity index (χ0) is 20.3. The summed E-state index contributed by atoms with van der Waals surface area (Å²) in [6, 6.07) is 9.24. The zero-order valence-corrected chi connectivity index (χ0v) is 16.1. The molecule has 7 nitrogen and oxygen atoms in total. The van der Waals surface area contributed by atoms with Crippen molar-refractivity contribution in [1.29, 1.82) is 0 Å². The first-order chi connectivity index (χ1) is 13.4. The number of halogens is 1. The van der Waals surface area contributed by atoms with E-state index in [1.54, 1.807) is 43.4 Å². The minimum Gasteiger partial charge on any atom is -0.495 e. The zero-order valence-electron chi connectivity index (χ0n) is 15.4. The van der Waals surface area contributed by atoms with E-state index in [1.165, 1.54) is 12.0 Å². The van der Waals surface area contributed by atoms with Gasteiger partial charge in [-0.2, -0.15) is 0 Å². The largest absolute Gasteiger partial charge is 0.495 e. The summed E-state index contributed by atoms with van der Waals surface area (Å²) in [6.45, 7) is 7.03. The summed E-state index contributed by atoms with van der Waals surface area (Å²) in [6.07, 6.45) is 0.835. The lowest BCUT2D eigenvalue weighted by atomic mass is 10.2. The SMILES string of the molecule is [C-]#[N+]c1ccc(Oc2ccc(OC)c(NC(=O)C3CCC(=O)N3C)c2)cc1Cl. The molecule has 2 aromatic carbocycles. The molecular weight excluding hydrogens is 382 g/mol. The average molecular weight is 400 g/mol. The summed E-state index contributed by atoms with van der Waals surface area (Å²) in [5, 5.41) is 3.10. The van der Waals surface area contributed by atoms with Gasteiger partial charge in [0.25, 0.3) is 0 Å². The van der Waals surface area contributed by atoms with Crippen molar-refractivity contribution in [3.8, 4) is 17.2 Å². The molecule has 0 aliphatic carbocycles. The molecule has 1 fully saturated rings. The third kappa shape index (κ3) is 4.02. The summed E-state index contributed by atoms with van der Waals surface area (Å²) in [7, 11) is 3.12. The van der Waals surface area contributed by atoms with Gasteiger partial charge in [-0.1, -0.05) is 17.7 Å². The number of hydrogen-bond acceptors (Lipinski definition) is 4. The van der Waals surface area contributed by atoms with Crippen LogP contribution in [-0.2, 0) is 9.59 Å². The smallest absolute Gasteiger partial charge is 0.247 e. The maximum absolute atomic E-state index is 12.6. The van der Waals surface area contributed by atoms with Gasteiger partial charge >= 0.3 is 0 Å². The Labute approximate surface area is 167 Å². The lowest BCUT2D eigenvalue weighted by Gasteiger charge is -2.20. The average Bonchev–Trinajstić information content (AvgIpc) is 3.01. The summed E-state index contributed by atoms with van der Waals surface area (Å²) in [5.41, 5.74) is 0.772. The van der Waals surface area contributed by atoms with E-state index in [1.807, 2.05) is 0 Å². The second-order valence-corrected chi connectivity index (χ2v) is 6.64. The van der Waals surface area contributed by atoms with E-state index < -0.39 is 6.04 Å². The third-order valence-corrected chi connectivity index (χ3v) is 4.80. The van der Waals surface area contributed by atoms with Gasteiger partial charge in [-0.05, 0) is 30.7 Å². The molecule has 8 heteroatoms. The second kappa shape index (κ2) is 8.19. The summed E-state index contributed by atoms with van der Waals surface area (Å²) < 4.78 is 11.1. The highest BCUT2D eigenvalue weighted by atomic mass is 35.5. The number of carbonyl (C=O) groups is 2. The molecule has 144 valence electrons. The Morgan fingerprint density at radius 1 is 1.29 bits per heavy atom. The topological polar surface area (TPSA) is 72.2 Å². The third-order valence-electron chi connectivity index (χ3n) is 4.50. The molecule has 0 radical (unpaired) electrons. The van der Waals surface area contributed by atoms with E-state index in [9.17, 15) is 9.59 Å². The van der Waals surface area contributed by atoms with Crippen LogP contribution in [0.3, 0.4) is 0 Å². The van der Waals surface area contributed by atoms with Gasteiger partial charge in [-0.25, -0.2) is 4.85 Å². The van der Waals surface area contributed by atoms with E-state index in [2.05, 4.69) is 10.2 Å². The number of rotatable bonds is 5. The van der Waals surface area contributed by atoms with Crippen molar-refractivity contribution in [3.63, 3.8) is 0 Å². The Kier molecular flexibility index (Phi) is 5.71. The minimum absolute atomic E-state index is 0.0519. The molecule has 0 saturated carbocycles. The fourth-order valence-electron chi connectivity index (χ4n) is 2.95. The van der Waals surface area contributed by atoms with Crippen molar-refractivity contribution in [1.82, 2.24) is 4.90 Å². The Morgan fingerprint density at radius 2 is 2.00 bits per heavy atom. The van der Waals surface area contributed by atoms with Crippen molar-refractivity contribution < 1.29 is 19.1 Å². The van der Waals surface area contributed by atoms with E-state index in [0.29, 0.717) is 46.5 Å². The molecule has 0 spiro atoms. The molecule has 1 saturated heterocycles. The molecule has 2 amide bonds. The lowest BCUT2D eigenvalue weighted by Crippen LogP contribution is -2.38. The van der Waals surface area contributed by atoms with Crippen LogP contribution < -0.4 is 14.8 Å². The number of methoxy groups -OCH3 is 1. The van der Waals surface area contributed by atoms with Gasteiger partial charge in [-0.15, -0.1) is 0 Å². The van der Waals surface area contributed by atoms with Gasteiger partial charge in [0.2, 0.25) is 17.5 Å². The van der Waals surface area contributed by atoms with Gasteiger partial charge in [0, 0.05) is 19.5 Å².